The van der Waals surface area contributed by atoms with Crippen LogP contribution in [0, 0.1) is 5.92 Å². The number of benzene rings is 1. The third kappa shape index (κ3) is 4.39. The molecule has 0 unspecified atom stereocenters. The fraction of sp³-hybridized carbons (Fsp3) is 0.350. The minimum atomic E-state index is -0.128. The van der Waals surface area contributed by atoms with Crippen LogP contribution in [0.3, 0.4) is 0 Å². The van der Waals surface area contributed by atoms with Crippen molar-refractivity contribution in [2.24, 2.45) is 5.92 Å². The Balaban J connectivity index is 1.58. The molecule has 26 heavy (non-hydrogen) atoms. The number of urea groups is 1. The lowest BCUT2D eigenvalue weighted by atomic mass is 10.2. The Morgan fingerprint density at radius 2 is 2.04 bits per heavy atom. The highest BCUT2D eigenvalue weighted by Crippen LogP contribution is 2.13. The van der Waals surface area contributed by atoms with Gasteiger partial charge in [0, 0.05) is 25.2 Å². The van der Waals surface area contributed by atoms with E-state index in [4.69, 9.17) is 0 Å². The van der Waals surface area contributed by atoms with E-state index in [-0.39, 0.29) is 6.03 Å². The van der Waals surface area contributed by atoms with Gasteiger partial charge < -0.3 is 14.8 Å². The van der Waals surface area contributed by atoms with E-state index in [0.29, 0.717) is 19.0 Å². The van der Waals surface area contributed by atoms with E-state index in [1.165, 1.54) is 0 Å². The lowest BCUT2D eigenvalue weighted by Crippen LogP contribution is -2.37. The number of rotatable bonds is 6. The summed E-state index contributed by atoms with van der Waals surface area (Å²) in [5.41, 5.74) is 2.81. The van der Waals surface area contributed by atoms with E-state index >= 15 is 0 Å². The highest BCUT2D eigenvalue weighted by atomic mass is 16.2. The molecule has 0 saturated heterocycles. The van der Waals surface area contributed by atoms with Gasteiger partial charge in [0.1, 0.15) is 0 Å². The molecule has 0 saturated carbocycles. The summed E-state index contributed by atoms with van der Waals surface area (Å²) in [6.45, 7) is 6.13. The van der Waals surface area contributed by atoms with Crippen molar-refractivity contribution in [2.45, 2.75) is 33.5 Å². The summed E-state index contributed by atoms with van der Waals surface area (Å²) in [7, 11) is 1.78. The normalized spacial score (nSPS) is 11.1. The first-order valence-electron chi connectivity index (χ1n) is 8.85. The van der Waals surface area contributed by atoms with Crippen LogP contribution in [0.5, 0.6) is 0 Å². The van der Waals surface area contributed by atoms with Crippen LogP contribution < -0.4 is 5.32 Å². The second-order valence-electron chi connectivity index (χ2n) is 6.94. The molecule has 0 atom stereocenters. The standard InChI is InChI=1S/C20H25N5O/c1-15(2)12-25-14-21-10-18(25)11-22-20(26)24(3)13-17-9-8-16-6-4-5-7-19(16)23-17/h4-10,14-15H,11-13H2,1-3H3,(H,22,26). The van der Waals surface area contributed by atoms with Crippen LogP contribution in [0.15, 0.2) is 48.9 Å². The first kappa shape index (κ1) is 17.9. The van der Waals surface area contributed by atoms with E-state index in [1.807, 2.05) is 42.7 Å². The molecule has 0 fully saturated rings. The Morgan fingerprint density at radius 3 is 2.85 bits per heavy atom. The summed E-state index contributed by atoms with van der Waals surface area (Å²) < 4.78 is 2.08. The topological polar surface area (TPSA) is 63.1 Å². The van der Waals surface area contributed by atoms with Gasteiger partial charge in [0.2, 0.25) is 0 Å². The molecule has 6 nitrogen and oxygen atoms in total. The fourth-order valence-corrected chi connectivity index (χ4v) is 2.87. The van der Waals surface area contributed by atoms with Gasteiger partial charge in [-0.25, -0.2) is 9.78 Å². The zero-order valence-corrected chi connectivity index (χ0v) is 15.5. The molecule has 2 heterocycles. The predicted molar refractivity (Wildman–Crippen MR) is 103 cm³/mol. The van der Waals surface area contributed by atoms with Gasteiger partial charge in [-0.2, -0.15) is 0 Å². The fourth-order valence-electron chi connectivity index (χ4n) is 2.87. The van der Waals surface area contributed by atoms with Crippen molar-refractivity contribution in [1.82, 2.24) is 24.8 Å². The van der Waals surface area contributed by atoms with Gasteiger partial charge in [-0.1, -0.05) is 38.1 Å². The van der Waals surface area contributed by atoms with E-state index in [2.05, 4.69) is 33.7 Å². The van der Waals surface area contributed by atoms with Crippen molar-refractivity contribution in [3.63, 3.8) is 0 Å². The van der Waals surface area contributed by atoms with Gasteiger partial charge in [0.05, 0.1) is 36.3 Å². The van der Waals surface area contributed by atoms with Crippen LogP contribution in [-0.4, -0.2) is 32.5 Å². The van der Waals surface area contributed by atoms with E-state index in [1.54, 1.807) is 18.1 Å². The lowest BCUT2D eigenvalue weighted by Gasteiger charge is -2.18. The molecule has 0 radical (unpaired) electrons. The molecule has 3 aromatic rings. The van der Waals surface area contributed by atoms with Crippen molar-refractivity contribution >= 4 is 16.9 Å². The maximum atomic E-state index is 12.4. The van der Waals surface area contributed by atoms with E-state index in [9.17, 15) is 4.79 Å². The molecule has 3 rings (SSSR count). The summed E-state index contributed by atoms with van der Waals surface area (Å²) in [6.07, 6.45) is 3.61. The number of fused-ring (bicyclic) bond motifs is 1. The zero-order valence-electron chi connectivity index (χ0n) is 15.5. The molecule has 1 N–H and O–H groups in total. The Morgan fingerprint density at radius 1 is 1.23 bits per heavy atom. The third-order valence-electron chi connectivity index (χ3n) is 4.18. The van der Waals surface area contributed by atoms with Crippen LogP contribution in [0.25, 0.3) is 10.9 Å². The number of nitrogens with one attached hydrogen (secondary N) is 1. The molecule has 2 amide bonds. The van der Waals surface area contributed by atoms with Crippen molar-refractivity contribution in [2.75, 3.05) is 7.05 Å². The second-order valence-corrected chi connectivity index (χ2v) is 6.94. The lowest BCUT2D eigenvalue weighted by molar-refractivity contribution is 0.205. The molecule has 1 aromatic carbocycles. The zero-order chi connectivity index (χ0) is 18.5. The number of para-hydroxylation sites is 1. The minimum absolute atomic E-state index is 0.128. The quantitative estimate of drug-likeness (QED) is 0.740. The Bertz CT molecular complexity index is 887. The number of hydrogen-bond acceptors (Lipinski definition) is 3. The maximum Gasteiger partial charge on any atom is 0.317 e. The first-order chi connectivity index (χ1) is 12.5. The maximum absolute atomic E-state index is 12.4. The number of aromatic nitrogens is 3. The van der Waals surface area contributed by atoms with Crippen molar-refractivity contribution in [3.8, 4) is 0 Å². The Hall–Kier alpha value is -2.89. The molecule has 136 valence electrons. The number of carbonyl (C=O) groups excluding carboxylic acids is 1. The third-order valence-corrected chi connectivity index (χ3v) is 4.18. The number of imidazole rings is 1. The highest BCUT2D eigenvalue weighted by Gasteiger charge is 2.11. The van der Waals surface area contributed by atoms with Gasteiger partial charge >= 0.3 is 6.03 Å². The van der Waals surface area contributed by atoms with Crippen LogP contribution in [0.1, 0.15) is 25.2 Å². The molecular formula is C20H25N5O. The molecular weight excluding hydrogens is 326 g/mol. The SMILES string of the molecule is CC(C)Cn1cncc1CNC(=O)N(C)Cc1ccc2ccccc2n1. The van der Waals surface area contributed by atoms with Gasteiger partial charge in [0.15, 0.2) is 0 Å². The van der Waals surface area contributed by atoms with Gasteiger partial charge in [-0.05, 0) is 18.1 Å². The van der Waals surface area contributed by atoms with Gasteiger partial charge in [0.25, 0.3) is 0 Å². The molecule has 0 aliphatic carbocycles. The van der Waals surface area contributed by atoms with E-state index in [0.717, 1.165) is 28.8 Å². The molecule has 0 bridgehead atoms. The smallest absolute Gasteiger partial charge is 0.317 e. The van der Waals surface area contributed by atoms with Crippen LogP contribution in [-0.2, 0) is 19.6 Å². The van der Waals surface area contributed by atoms with E-state index < -0.39 is 0 Å². The number of carbonyl (C=O) groups is 1. The van der Waals surface area contributed by atoms with Gasteiger partial charge in [-0.3, -0.25) is 4.98 Å². The van der Waals surface area contributed by atoms with Crippen molar-refractivity contribution in [3.05, 3.63) is 60.3 Å². The number of amides is 2. The summed E-state index contributed by atoms with van der Waals surface area (Å²) in [6, 6.07) is 11.8. The number of pyridine rings is 1. The van der Waals surface area contributed by atoms with Crippen molar-refractivity contribution < 1.29 is 4.79 Å². The van der Waals surface area contributed by atoms with Crippen LogP contribution >= 0.6 is 0 Å². The summed E-state index contributed by atoms with van der Waals surface area (Å²) in [5, 5.41) is 4.05. The monoisotopic (exact) mass is 351 g/mol. The average Bonchev–Trinajstić information content (AvgIpc) is 3.05. The minimum Gasteiger partial charge on any atom is -0.333 e. The van der Waals surface area contributed by atoms with Crippen LogP contribution in [0.2, 0.25) is 0 Å². The summed E-state index contributed by atoms with van der Waals surface area (Å²) in [4.78, 5) is 22.8. The molecule has 6 heteroatoms. The molecule has 0 spiro atoms. The highest BCUT2D eigenvalue weighted by molar-refractivity contribution is 5.78. The van der Waals surface area contributed by atoms with Crippen LogP contribution in [0.4, 0.5) is 4.79 Å². The Kier molecular flexibility index (Phi) is 5.51. The largest absolute Gasteiger partial charge is 0.333 e. The molecule has 0 aliphatic heterocycles. The Labute approximate surface area is 153 Å². The summed E-state index contributed by atoms with van der Waals surface area (Å²) >= 11 is 0. The molecule has 2 aromatic heterocycles. The first-order valence-corrected chi connectivity index (χ1v) is 8.85. The number of hydrogen-bond donors (Lipinski definition) is 1. The summed E-state index contributed by atoms with van der Waals surface area (Å²) in [5.74, 6) is 0.528. The number of nitrogens with zero attached hydrogens (tertiary/aromatic N) is 4. The second kappa shape index (κ2) is 7.99. The molecule has 0 aliphatic rings. The van der Waals surface area contributed by atoms with Gasteiger partial charge in [-0.15, -0.1) is 0 Å². The predicted octanol–water partition coefficient (Wildman–Crippen LogP) is 3.43. The van der Waals surface area contributed by atoms with Crippen molar-refractivity contribution in [1.29, 1.82) is 0 Å². The average molecular weight is 351 g/mol.